The molecule has 0 saturated carbocycles. The van der Waals surface area contributed by atoms with Gasteiger partial charge in [-0.1, -0.05) is 6.58 Å². The van der Waals surface area contributed by atoms with Crippen molar-refractivity contribution in [3.8, 4) is 0 Å². The minimum absolute atomic E-state index is 0.679. The van der Waals surface area contributed by atoms with Crippen molar-refractivity contribution in [2.24, 2.45) is 5.73 Å². The van der Waals surface area contributed by atoms with Gasteiger partial charge in [-0.05, 0) is 18.0 Å². The molecule has 2 N–H and O–H groups in total. The molecule has 0 aromatic heterocycles. The van der Waals surface area contributed by atoms with Gasteiger partial charge in [-0.25, -0.2) is 0 Å². The zero-order chi connectivity index (χ0) is 7.28. The van der Waals surface area contributed by atoms with Crippen LogP contribution in [0.5, 0.6) is 0 Å². The maximum Gasteiger partial charge on any atom is 0.0707 e. The Kier molecular flexibility index (Phi) is 5.07. The molecule has 2 nitrogen and oxygen atoms in total. The Bertz CT molecular complexity index is 124. The Hall–Kier alpha value is 0.160. The van der Waals surface area contributed by atoms with Crippen LogP contribution in [0.2, 0.25) is 0 Å². The first kappa shape index (κ1) is 9.16. The van der Waals surface area contributed by atoms with Gasteiger partial charge in [0.15, 0.2) is 0 Å². The van der Waals surface area contributed by atoms with Crippen molar-refractivity contribution in [2.75, 3.05) is 6.26 Å². The van der Waals surface area contributed by atoms with E-state index in [0.717, 1.165) is 0 Å². The van der Waals surface area contributed by atoms with Gasteiger partial charge in [0.1, 0.15) is 0 Å². The van der Waals surface area contributed by atoms with Gasteiger partial charge >= 0.3 is 0 Å². The number of nitrogens with zero attached hydrogens (tertiary/aromatic N) is 1. The second kappa shape index (κ2) is 4.99. The molecule has 0 heterocycles. The minimum Gasteiger partial charge on any atom is -0.398 e. The van der Waals surface area contributed by atoms with Gasteiger partial charge in [-0.15, -0.1) is 0 Å². The van der Waals surface area contributed by atoms with Crippen LogP contribution in [0.15, 0.2) is 24.6 Å². The predicted octanol–water partition coefficient (Wildman–Crippen LogP) is 1.90. The molecular formula is C5H9IN2S. The molecule has 0 aromatic carbocycles. The van der Waals surface area contributed by atoms with Gasteiger partial charge in [-0.3, -0.25) is 2.52 Å². The highest BCUT2D eigenvalue weighted by atomic mass is 127. The van der Waals surface area contributed by atoms with Crippen molar-refractivity contribution in [3.05, 3.63) is 24.6 Å². The zero-order valence-electron chi connectivity index (χ0n) is 5.17. The van der Waals surface area contributed by atoms with Crippen LogP contribution in [0.25, 0.3) is 0 Å². The van der Waals surface area contributed by atoms with E-state index in [2.05, 4.69) is 29.4 Å². The van der Waals surface area contributed by atoms with Crippen molar-refractivity contribution in [1.82, 2.24) is 2.52 Å². The maximum atomic E-state index is 5.43. The molecule has 0 aromatic rings. The van der Waals surface area contributed by atoms with E-state index in [-0.39, 0.29) is 0 Å². The lowest BCUT2D eigenvalue weighted by Crippen LogP contribution is -1.97. The molecule has 52 valence electrons. The fraction of sp³-hybridized carbons (Fsp3) is 0.200. The molecule has 0 saturated heterocycles. The molecule has 0 aliphatic heterocycles. The van der Waals surface area contributed by atoms with Crippen LogP contribution in [0, 0.1) is 0 Å². The molecule has 0 radical (unpaired) electrons. The summed E-state index contributed by atoms with van der Waals surface area (Å²) in [7, 11) is 0. The molecule has 0 aliphatic carbocycles. The van der Waals surface area contributed by atoms with Crippen LogP contribution in [-0.4, -0.2) is 8.77 Å². The van der Waals surface area contributed by atoms with Gasteiger partial charge in [0.2, 0.25) is 0 Å². The Morgan fingerprint density at radius 1 is 1.89 bits per heavy atom. The van der Waals surface area contributed by atoms with E-state index >= 15 is 0 Å². The number of allylic oxidation sites excluding steroid dienone is 1. The van der Waals surface area contributed by atoms with Crippen LogP contribution in [-0.2, 0) is 0 Å². The van der Waals surface area contributed by atoms with Gasteiger partial charge in [-0.2, -0.15) is 0 Å². The molecule has 0 fully saturated rings. The van der Waals surface area contributed by atoms with Gasteiger partial charge < -0.3 is 5.73 Å². The third-order valence-corrected chi connectivity index (χ3v) is 2.58. The Morgan fingerprint density at radius 3 is 2.78 bits per heavy atom. The number of halogens is 1. The van der Waals surface area contributed by atoms with Crippen molar-refractivity contribution in [2.45, 2.75) is 0 Å². The molecule has 0 atom stereocenters. The molecule has 9 heavy (non-hydrogen) atoms. The lowest BCUT2D eigenvalue weighted by Gasteiger charge is -2.04. The average molecular weight is 256 g/mol. The van der Waals surface area contributed by atoms with E-state index in [9.17, 15) is 0 Å². The number of hydrogen-bond acceptors (Lipinski definition) is 3. The standard InChI is InChI=1S/C5H9IN2S/c1-3-5(7)4-8(6)9-2/h3-4H,1,7H2,2H3/b5-4+. The van der Waals surface area contributed by atoms with Crippen LogP contribution >= 0.6 is 34.8 Å². The lowest BCUT2D eigenvalue weighted by atomic mass is 10.5. The summed E-state index contributed by atoms with van der Waals surface area (Å²) in [4.78, 5) is 0. The summed E-state index contributed by atoms with van der Waals surface area (Å²) in [6, 6.07) is 0. The zero-order valence-corrected chi connectivity index (χ0v) is 8.15. The second-order valence-corrected chi connectivity index (χ2v) is 3.74. The molecular weight excluding hydrogens is 247 g/mol. The van der Waals surface area contributed by atoms with Crippen molar-refractivity contribution in [3.63, 3.8) is 0 Å². The number of nitrogens with two attached hydrogens (primary N) is 1. The monoisotopic (exact) mass is 256 g/mol. The second-order valence-electron chi connectivity index (χ2n) is 1.29. The largest absolute Gasteiger partial charge is 0.398 e. The maximum absolute atomic E-state index is 5.43. The summed E-state index contributed by atoms with van der Waals surface area (Å²) < 4.78 is 1.88. The van der Waals surface area contributed by atoms with E-state index in [1.54, 1.807) is 24.2 Å². The Balaban J connectivity index is 3.78. The van der Waals surface area contributed by atoms with Crippen LogP contribution in [0.4, 0.5) is 0 Å². The quantitative estimate of drug-likeness (QED) is 0.362. The summed E-state index contributed by atoms with van der Waals surface area (Å²) in [5.41, 5.74) is 6.11. The lowest BCUT2D eigenvalue weighted by molar-refractivity contribution is 1.09. The van der Waals surface area contributed by atoms with E-state index < -0.39 is 0 Å². The molecule has 0 amide bonds. The molecule has 0 aliphatic rings. The van der Waals surface area contributed by atoms with E-state index in [4.69, 9.17) is 5.73 Å². The summed E-state index contributed by atoms with van der Waals surface area (Å²) in [6.45, 7) is 3.52. The molecule has 4 heteroatoms. The fourth-order valence-corrected chi connectivity index (χ4v) is 0.771. The Morgan fingerprint density at radius 2 is 2.44 bits per heavy atom. The highest BCUT2D eigenvalue weighted by Crippen LogP contribution is 2.12. The van der Waals surface area contributed by atoms with E-state index in [1.807, 2.05) is 8.77 Å². The summed E-state index contributed by atoms with van der Waals surface area (Å²) in [5, 5.41) is 0. The first-order valence-corrected chi connectivity index (χ1v) is 4.44. The smallest absolute Gasteiger partial charge is 0.0707 e. The third kappa shape index (κ3) is 4.65. The topological polar surface area (TPSA) is 29.3 Å². The fourth-order valence-electron chi connectivity index (χ4n) is 0.223. The van der Waals surface area contributed by atoms with Crippen LogP contribution in [0.1, 0.15) is 0 Å². The minimum atomic E-state index is 0.679. The summed E-state index contributed by atoms with van der Waals surface area (Å²) >= 11 is 3.72. The van der Waals surface area contributed by atoms with Gasteiger partial charge in [0, 0.05) is 18.2 Å². The van der Waals surface area contributed by atoms with Crippen LogP contribution in [0.3, 0.4) is 0 Å². The summed E-state index contributed by atoms with van der Waals surface area (Å²) in [5.74, 6) is 0. The van der Waals surface area contributed by atoms with Gasteiger partial charge in [0.05, 0.1) is 22.9 Å². The van der Waals surface area contributed by atoms with Crippen molar-refractivity contribution >= 4 is 34.8 Å². The summed E-state index contributed by atoms with van der Waals surface area (Å²) in [6.07, 6.45) is 5.39. The van der Waals surface area contributed by atoms with Crippen LogP contribution < -0.4 is 5.73 Å². The first-order chi connectivity index (χ1) is 4.20. The molecule has 0 bridgehead atoms. The van der Waals surface area contributed by atoms with Gasteiger partial charge in [0.25, 0.3) is 0 Å². The normalized spacial score (nSPS) is 11.1. The van der Waals surface area contributed by atoms with E-state index in [1.165, 1.54) is 0 Å². The molecule has 0 rings (SSSR count). The first-order valence-electron chi connectivity index (χ1n) is 2.29. The Labute approximate surface area is 73.8 Å². The predicted molar refractivity (Wildman–Crippen MR) is 51.8 cm³/mol. The molecule has 0 spiro atoms. The van der Waals surface area contributed by atoms with Crippen molar-refractivity contribution < 1.29 is 0 Å². The number of rotatable bonds is 3. The SMILES string of the molecule is C=C/C(N)=C\N(I)SC. The highest BCUT2D eigenvalue weighted by molar-refractivity contribution is 14.1. The molecule has 0 unspecified atom stereocenters. The number of hydrogen-bond donors (Lipinski definition) is 1. The van der Waals surface area contributed by atoms with Crippen molar-refractivity contribution in [1.29, 1.82) is 0 Å². The highest BCUT2D eigenvalue weighted by Gasteiger charge is 1.87. The third-order valence-electron chi connectivity index (χ3n) is 0.661. The average Bonchev–Trinajstić information content (AvgIpc) is 1.87. The van der Waals surface area contributed by atoms with E-state index in [0.29, 0.717) is 5.70 Å².